The van der Waals surface area contributed by atoms with Crippen molar-refractivity contribution in [3.05, 3.63) is 11.6 Å². The lowest BCUT2D eigenvalue weighted by atomic mass is 10.1. The van der Waals surface area contributed by atoms with E-state index < -0.39 is 0 Å². The summed E-state index contributed by atoms with van der Waals surface area (Å²) in [4.78, 5) is 17.1. The largest absolute Gasteiger partial charge is 0.370 e. The molecule has 0 spiro atoms. The first-order valence-electron chi connectivity index (χ1n) is 6.18. The maximum atomic E-state index is 12.0. The monoisotopic (exact) mass is 251 g/mol. The lowest BCUT2D eigenvalue weighted by Crippen LogP contribution is -2.38. The number of carbonyl (C=O) groups is 1. The normalized spacial score (nSPS) is 26.4. The highest BCUT2D eigenvalue weighted by Gasteiger charge is 2.61. The first-order chi connectivity index (χ1) is 8.09. The molecule has 100 valence electrons. The van der Waals surface area contributed by atoms with Crippen LogP contribution in [0, 0.1) is 23.3 Å². The second-order valence-electron chi connectivity index (χ2n) is 6.57. The van der Waals surface area contributed by atoms with E-state index >= 15 is 0 Å². The molecule has 4 nitrogen and oxygen atoms in total. The number of hydroxylamine groups is 1. The number of hydrogen-bond acceptors (Lipinski definition) is 3. The first-order valence-corrected chi connectivity index (χ1v) is 6.18. The molecule has 0 saturated heterocycles. The number of hydrogen-bond donors (Lipinski definition) is 2. The van der Waals surface area contributed by atoms with Crippen LogP contribution in [-0.4, -0.2) is 11.5 Å². The summed E-state index contributed by atoms with van der Waals surface area (Å²) >= 11 is 0. The van der Waals surface area contributed by atoms with Gasteiger partial charge in [0.2, 0.25) is 0 Å². The van der Waals surface area contributed by atoms with Crippen molar-refractivity contribution in [3.63, 3.8) is 0 Å². The Morgan fingerprint density at radius 3 is 2.44 bits per heavy atom. The smallest absolute Gasteiger partial charge is 0.328 e. The van der Waals surface area contributed by atoms with Gasteiger partial charge < -0.3 is 4.84 Å². The Bertz CT molecular complexity index is 410. The molecule has 1 aliphatic carbocycles. The fourth-order valence-corrected chi connectivity index (χ4v) is 2.02. The minimum Gasteiger partial charge on any atom is -0.370 e. The third-order valence-electron chi connectivity index (χ3n) is 3.25. The summed E-state index contributed by atoms with van der Waals surface area (Å²) in [5.74, 6) is -0.241. The van der Waals surface area contributed by atoms with Crippen molar-refractivity contribution in [2.24, 2.45) is 17.3 Å². The minimum absolute atomic E-state index is 0.102. The van der Waals surface area contributed by atoms with Gasteiger partial charge in [-0.2, -0.15) is 0 Å². The van der Waals surface area contributed by atoms with Gasteiger partial charge in [-0.25, -0.2) is 0 Å². The van der Waals surface area contributed by atoms with Crippen LogP contribution in [0.1, 0.15) is 41.5 Å². The van der Waals surface area contributed by atoms with E-state index in [1.807, 2.05) is 47.6 Å². The first kappa shape index (κ1) is 14.7. The molecule has 0 aromatic carbocycles. The van der Waals surface area contributed by atoms with E-state index in [9.17, 15) is 4.79 Å². The third kappa shape index (κ3) is 3.33. The van der Waals surface area contributed by atoms with Gasteiger partial charge in [0.15, 0.2) is 0 Å². The summed E-state index contributed by atoms with van der Waals surface area (Å²) in [6.07, 6.45) is 1.93. The van der Waals surface area contributed by atoms with Gasteiger partial charge in [0, 0.05) is 5.54 Å². The minimum atomic E-state index is -0.251. The van der Waals surface area contributed by atoms with Crippen LogP contribution in [0.5, 0.6) is 0 Å². The van der Waals surface area contributed by atoms with Crippen molar-refractivity contribution in [2.75, 3.05) is 0 Å². The average Bonchev–Trinajstić information content (AvgIpc) is 2.76. The van der Waals surface area contributed by atoms with Crippen molar-refractivity contribution >= 4 is 5.97 Å². The maximum Gasteiger partial charge on any atom is 0.328 e. The van der Waals surface area contributed by atoms with Gasteiger partial charge >= 0.3 is 12.0 Å². The predicted molar refractivity (Wildman–Crippen MR) is 68.3 cm³/mol. The van der Waals surface area contributed by atoms with Crippen molar-refractivity contribution < 1.29 is 14.9 Å². The van der Waals surface area contributed by atoms with E-state index in [0.717, 1.165) is 5.57 Å². The Labute approximate surface area is 109 Å². The molecule has 4 heteroatoms. The van der Waals surface area contributed by atoms with Gasteiger partial charge in [-0.05, 0) is 39.0 Å². The molecule has 0 heterocycles. The van der Waals surface area contributed by atoms with Crippen LogP contribution in [0.15, 0.2) is 11.6 Å². The molecule has 1 rings (SSSR count). The standard InChI is InChI=1S/C14H22N2O2/c1-9(8-15)7-10-11(14(10,5)6)12(17)18-16-13(2,3)4/h7,10-11,16H,1-6H3/p+1/b9-7+/t10-,11+/m0/s1. The molecule has 0 aliphatic heterocycles. The summed E-state index contributed by atoms with van der Waals surface area (Å²) in [5.41, 5.74) is 3.15. The molecular formula is C14H23N2O2+. The van der Waals surface area contributed by atoms with Crippen molar-refractivity contribution in [2.45, 2.75) is 47.1 Å². The quantitative estimate of drug-likeness (QED) is 0.577. The van der Waals surface area contributed by atoms with Crippen LogP contribution in [0.3, 0.4) is 0 Å². The molecular weight excluding hydrogens is 228 g/mol. The number of nitrogens with one attached hydrogen (secondary N) is 2. The van der Waals surface area contributed by atoms with Crippen LogP contribution in [0.4, 0.5) is 0 Å². The average molecular weight is 251 g/mol. The molecule has 1 aliphatic rings. The van der Waals surface area contributed by atoms with Crippen LogP contribution >= 0.6 is 0 Å². The second-order valence-corrected chi connectivity index (χ2v) is 6.57. The molecule has 18 heavy (non-hydrogen) atoms. The van der Waals surface area contributed by atoms with E-state index in [1.54, 1.807) is 0 Å². The molecule has 2 N–H and O–H groups in total. The third-order valence-corrected chi connectivity index (χ3v) is 3.25. The van der Waals surface area contributed by atoms with Crippen LogP contribution in [0.2, 0.25) is 0 Å². The highest BCUT2D eigenvalue weighted by Crippen LogP contribution is 2.59. The van der Waals surface area contributed by atoms with Gasteiger partial charge in [0.1, 0.15) is 0 Å². The zero-order valence-electron chi connectivity index (χ0n) is 12.0. The molecule has 0 amide bonds. The van der Waals surface area contributed by atoms with Gasteiger partial charge in [-0.3, -0.25) is 4.79 Å². The molecule has 1 saturated carbocycles. The summed E-state index contributed by atoms with van der Waals surface area (Å²) in [7, 11) is 0. The topological polar surface area (TPSA) is 62.1 Å². The Morgan fingerprint density at radius 2 is 2.00 bits per heavy atom. The molecule has 0 aromatic rings. The summed E-state index contributed by atoms with van der Waals surface area (Å²) in [6, 6.07) is 2.33. The summed E-state index contributed by atoms with van der Waals surface area (Å²) < 4.78 is 0. The fourth-order valence-electron chi connectivity index (χ4n) is 2.02. The Hall–Kier alpha value is -1.34. The van der Waals surface area contributed by atoms with Gasteiger partial charge in [-0.15, -0.1) is 5.48 Å². The van der Waals surface area contributed by atoms with Crippen molar-refractivity contribution in [1.82, 2.24) is 5.48 Å². The summed E-state index contributed by atoms with van der Waals surface area (Å²) in [5, 5.41) is 7.05. The molecule has 2 atom stereocenters. The van der Waals surface area contributed by atoms with Gasteiger partial charge in [-0.1, -0.05) is 25.2 Å². The van der Waals surface area contributed by atoms with E-state index in [-0.39, 0.29) is 28.8 Å². The molecule has 1 fully saturated rings. The lowest BCUT2D eigenvalue weighted by Gasteiger charge is -2.19. The van der Waals surface area contributed by atoms with Crippen molar-refractivity contribution in [3.8, 4) is 6.07 Å². The zero-order chi connectivity index (χ0) is 14.1. The molecule has 0 bridgehead atoms. The van der Waals surface area contributed by atoms with Gasteiger partial charge in [0.05, 0.1) is 11.5 Å². The number of rotatable bonds is 3. The Kier molecular flexibility index (Phi) is 3.87. The number of carbonyl (C=O) groups excluding carboxylic acids is 1. The summed E-state index contributed by atoms with van der Waals surface area (Å²) in [6.45, 7) is 11.7. The van der Waals surface area contributed by atoms with Crippen LogP contribution in [0.25, 0.3) is 0 Å². The van der Waals surface area contributed by atoms with Crippen LogP contribution in [-0.2, 0) is 9.63 Å². The molecule has 0 aromatic heterocycles. The zero-order valence-corrected chi connectivity index (χ0v) is 12.0. The van der Waals surface area contributed by atoms with Crippen LogP contribution < -0.4 is 10.7 Å². The highest BCUT2D eigenvalue weighted by molar-refractivity contribution is 5.78. The van der Waals surface area contributed by atoms with Gasteiger partial charge in [0.25, 0.3) is 0 Å². The highest BCUT2D eigenvalue weighted by atomic mass is 16.7. The molecule has 0 radical (unpaired) electrons. The predicted octanol–water partition coefficient (Wildman–Crippen LogP) is 0.824. The van der Waals surface area contributed by atoms with E-state index in [4.69, 9.17) is 10.1 Å². The maximum absolute atomic E-state index is 12.0. The van der Waals surface area contributed by atoms with E-state index in [0.29, 0.717) is 0 Å². The fraction of sp³-hybridized carbons (Fsp3) is 0.714. The number of allylic oxidation sites excluding steroid dienone is 2. The van der Waals surface area contributed by atoms with Crippen molar-refractivity contribution in [1.29, 1.82) is 0 Å². The second kappa shape index (κ2) is 4.74. The van der Waals surface area contributed by atoms with E-state index in [1.165, 1.54) is 0 Å². The Morgan fingerprint density at radius 1 is 1.44 bits per heavy atom. The molecule has 0 unspecified atom stereocenters. The Balaban J connectivity index is 2.64. The SMILES string of the molecule is C/C(C#[NH+])=C\[C@H]1[C@H](C(=O)ONC(C)(C)C)C1(C)C. The lowest BCUT2D eigenvalue weighted by molar-refractivity contribution is -0.157. The van der Waals surface area contributed by atoms with E-state index in [2.05, 4.69) is 11.5 Å².